The van der Waals surface area contributed by atoms with Gasteiger partial charge in [0.15, 0.2) is 11.6 Å². The van der Waals surface area contributed by atoms with Crippen LogP contribution in [-0.2, 0) is 0 Å². The molecule has 0 bridgehead atoms. The van der Waals surface area contributed by atoms with Crippen molar-refractivity contribution in [2.45, 2.75) is 18.9 Å². The zero-order valence-electron chi connectivity index (χ0n) is 16.9. The number of benzene rings is 2. The van der Waals surface area contributed by atoms with Gasteiger partial charge in [-0.05, 0) is 25.0 Å². The molecule has 162 valence electrons. The monoisotopic (exact) mass is 426 g/mol. The van der Waals surface area contributed by atoms with Gasteiger partial charge in [0, 0.05) is 31.0 Å². The lowest BCUT2D eigenvalue weighted by molar-refractivity contribution is 0.0695. The Balaban J connectivity index is 1.77. The van der Waals surface area contributed by atoms with Crippen LogP contribution in [0.2, 0.25) is 0 Å². The largest absolute Gasteiger partial charge is 0.492 e. The van der Waals surface area contributed by atoms with Crippen LogP contribution in [0, 0.1) is 5.82 Å². The Morgan fingerprint density at radius 1 is 1.26 bits per heavy atom. The third kappa shape index (κ3) is 3.74. The Hall–Kier alpha value is -3.75. The van der Waals surface area contributed by atoms with Crippen LogP contribution in [0.5, 0.6) is 5.75 Å². The van der Waals surface area contributed by atoms with Crippen molar-refractivity contribution in [1.29, 1.82) is 0 Å². The predicted octanol–water partition coefficient (Wildman–Crippen LogP) is 3.29. The molecule has 8 nitrogen and oxygen atoms in total. The van der Waals surface area contributed by atoms with Gasteiger partial charge in [0.05, 0.1) is 23.7 Å². The number of nitrogens with zero attached hydrogens (tertiary/aromatic N) is 1. The Bertz CT molecular complexity index is 1210. The number of halogens is 1. The van der Waals surface area contributed by atoms with Crippen LogP contribution in [-0.4, -0.2) is 35.8 Å². The molecule has 1 aliphatic carbocycles. The summed E-state index contributed by atoms with van der Waals surface area (Å²) in [6.45, 7) is 0.853. The molecule has 1 saturated carbocycles. The van der Waals surface area contributed by atoms with E-state index in [1.54, 1.807) is 4.57 Å². The van der Waals surface area contributed by atoms with Gasteiger partial charge < -0.3 is 30.8 Å². The average molecular weight is 426 g/mol. The van der Waals surface area contributed by atoms with E-state index in [1.165, 1.54) is 13.3 Å². The summed E-state index contributed by atoms with van der Waals surface area (Å²) in [7, 11) is 1.38. The summed E-state index contributed by atoms with van der Waals surface area (Å²) < 4.78 is 22.4. The van der Waals surface area contributed by atoms with Crippen molar-refractivity contribution < 1.29 is 19.0 Å². The number of carboxylic acid groups (broad SMARTS) is 1. The lowest BCUT2D eigenvalue weighted by atomic mass is 10.1. The number of hydrogen-bond donors (Lipinski definition) is 4. The van der Waals surface area contributed by atoms with Gasteiger partial charge in [-0.1, -0.05) is 18.2 Å². The Morgan fingerprint density at radius 2 is 1.94 bits per heavy atom. The molecule has 0 unspecified atom stereocenters. The number of methoxy groups -OCH3 is 1. The summed E-state index contributed by atoms with van der Waals surface area (Å²) in [5.74, 6) is -2.09. The number of hydrogen-bond acceptors (Lipinski definition) is 6. The Labute approximate surface area is 177 Å². The van der Waals surface area contributed by atoms with Crippen molar-refractivity contribution in [1.82, 2.24) is 4.57 Å². The molecule has 1 fully saturated rings. The van der Waals surface area contributed by atoms with Crippen molar-refractivity contribution in [3.8, 4) is 5.75 Å². The zero-order chi connectivity index (χ0) is 22.1. The average Bonchev–Trinajstić information content (AvgIpc) is 3.60. The van der Waals surface area contributed by atoms with Gasteiger partial charge in [0.1, 0.15) is 11.3 Å². The van der Waals surface area contributed by atoms with Crippen LogP contribution in [0.25, 0.3) is 10.9 Å². The van der Waals surface area contributed by atoms with Gasteiger partial charge in [0.2, 0.25) is 5.43 Å². The van der Waals surface area contributed by atoms with Crippen LogP contribution in [0.3, 0.4) is 0 Å². The highest BCUT2D eigenvalue weighted by molar-refractivity contribution is 6.03. The number of pyridine rings is 1. The quantitative estimate of drug-likeness (QED) is 0.322. The summed E-state index contributed by atoms with van der Waals surface area (Å²) in [6.07, 6.45) is 2.94. The van der Waals surface area contributed by atoms with E-state index in [4.69, 9.17) is 10.5 Å². The van der Waals surface area contributed by atoms with Crippen molar-refractivity contribution in [3.63, 3.8) is 0 Å². The van der Waals surface area contributed by atoms with Gasteiger partial charge in [-0.3, -0.25) is 4.79 Å². The number of nitrogens with one attached hydrogen (secondary N) is 2. The first-order valence-electron chi connectivity index (χ1n) is 9.93. The molecule has 4 rings (SSSR count). The van der Waals surface area contributed by atoms with E-state index in [9.17, 15) is 14.7 Å². The molecule has 9 heteroatoms. The van der Waals surface area contributed by atoms with Crippen molar-refractivity contribution in [2.75, 3.05) is 36.6 Å². The summed E-state index contributed by atoms with van der Waals surface area (Å²) in [5.41, 5.74) is 5.61. The molecule has 1 aromatic heterocycles. The molecule has 2 aromatic carbocycles. The number of fused-ring (bicyclic) bond motifs is 1. The van der Waals surface area contributed by atoms with Gasteiger partial charge in [-0.2, -0.15) is 0 Å². The second kappa shape index (κ2) is 8.17. The molecule has 1 aliphatic rings. The van der Waals surface area contributed by atoms with Crippen LogP contribution in [0.4, 0.5) is 21.5 Å². The normalized spacial score (nSPS) is 13.2. The fourth-order valence-electron chi connectivity index (χ4n) is 3.68. The van der Waals surface area contributed by atoms with Gasteiger partial charge in [-0.15, -0.1) is 0 Å². The molecule has 5 N–H and O–H groups in total. The third-order valence-electron chi connectivity index (χ3n) is 5.31. The fraction of sp³-hybridized carbons (Fsp3) is 0.273. The SMILES string of the molecule is COc1c(NCCNc2ccccc2)c(F)c(N)c2c(=O)c(C(=O)O)cn(C3CC3)c12. The van der Waals surface area contributed by atoms with Gasteiger partial charge in [-0.25, -0.2) is 9.18 Å². The first kappa shape index (κ1) is 20.5. The van der Waals surface area contributed by atoms with Crippen molar-refractivity contribution in [3.05, 3.63) is 58.1 Å². The van der Waals surface area contributed by atoms with Crippen LogP contribution in [0.15, 0.2) is 41.3 Å². The number of aromatic nitrogens is 1. The molecule has 3 aromatic rings. The van der Waals surface area contributed by atoms with Crippen molar-refractivity contribution >= 4 is 33.9 Å². The number of anilines is 3. The standard InChI is InChI=1S/C22H23FN4O4/c1-31-21-18(26-10-9-25-12-5-3-2-4-6-12)16(23)17(24)15-19(21)27(13-7-8-13)11-14(20(15)28)22(29)30/h2-6,11,13,25-26H,7-10,24H2,1H3,(H,29,30). The second-order valence-electron chi connectivity index (χ2n) is 7.39. The highest BCUT2D eigenvalue weighted by Crippen LogP contribution is 2.44. The van der Waals surface area contributed by atoms with E-state index in [1.807, 2.05) is 30.3 Å². The number of rotatable bonds is 8. The first-order chi connectivity index (χ1) is 14.9. The predicted molar refractivity (Wildman–Crippen MR) is 118 cm³/mol. The smallest absolute Gasteiger partial charge is 0.341 e. The van der Waals surface area contributed by atoms with E-state index >= 15 is 4.39 Å². The van der Waals surface area contributed by atoms with Crippen LogP contribution < -0.4 is 26.5 Å². The minimum Gasteiger partial charge on any atom is -0.492 e. The number of ether oxygens (including phenoxy) is 1. The van der Waals surface area contributed by atoms with E-state index in [2.05, 4.69) is 10.6 Å². The summed E-state index contributed by atoms with van der Waals surface area (Å²) in [4.78, 5) is 24.4. The van der Waals surface area contributed by atoms with Crippen LogP contribution >= 0.6 is 0 Å². The molecular weight excluding hydrogens is 403 g/mol. The highest BCUT2D eigenvalue weighted by Gasteiger charge is 2.31. The summed E-state index contributed by atoms with van der Waals surface area (Å²) in [6, 6.07) is 9.58. The van der Waals surface area contributed by atoms with E-state index < -0.39 is 28.5 Å². The molecule has 0 spiro atoms. The lowest BCUT2D eigenvalue weighted by Crippen LogP contribution is -2.22. The first-order valence-corrected chi connectivity index (χ1v) is 9.93. The maximum atomic E-state index is 15.2. The molecule has 0 aliphatic heterocycles. The molecular formula is C22H23FN4O4. The van der Waals surface area contributed by atoms with Crippen molar-refractivity contribution in [2.24, 2.45) is 0 Å². The number of carboxylic acids is 1. The molecule has 0 saturated heterocycles. The molecule has 1 heterocycles. The van der Waals surface area contributed by atoms with Gasteiger partial charge >= 0.3 is 5.97 Å². The minimum absolute atomic E-state index is 0.00700. The Kier molecular flexibility index (Phi) is 5.41. The number of carbonyl (C=O) groups is 1. The minimum atomic E-state index is -1.38. The molecule has 31 heavy (non-hydrogen) atoms. The molecule has 0 atom stereocenters. The van der Waals surface area contributed by atoms with E-state index in [0.717, 1.165) is 18.5 Å². The Morgan fingerprint density at radius 3 is 2.55 bits per heavy atom. The lowest BCUT2D eigenvalue weighted by Gasteiger charge is -2.20. The number of aromatic carboxylic acids is 1. The number of nitrogen functional groups attached to an aromatic ring is 1. The maximum absolute atomic E-state index is 15.2. The number of nitrogens with two attached hydrogens (primary N) is 1. The summed E-state index contributed by atoms with van der Waals surface area (Å²) >= 11 is 0. The van der Waals surface area contributed by atoms with Gasteiger partial charge in [0.25, 0.3) is 0 Å². The van der Waals surface area contributed by atoms with Crippen LogP contribution in [0.1, 0.15) is 29.2 Å². The van der Waals surface area contributed by atoms with E-state index in [-0.39, 0.29) is 22.9 Å². The number of para-hydroxylation sites is 1. The summed E-state index contributed by atoms with van der Waals surface area (Å²) in [5, 5.41) is 15.5. The molecule has 0 amide bonds. The van der Waals surface area contributed by atoms with E-state index in [0.29, 0.717) is 18.6 Å². The third-order valence-corrected chi connectivity index (χ3v) is 5.31. The fourth-order valence-corrected chi connectivity index (χ4v) is 3.68. The highest BCUT2D eigenvalue weighted by atomic mass is 19.1. The second-order valence-corrected chi connectivity index (χ2v) is 7.39. The zero-order valence-corrected chi connectivity index (χ0v) is 16.9. The molecule has 0 radical (unpaired) electrons. The maximum Gasteiger partial charge on any atom is 0.341 e. The topological polar surface area (TPSA) is 119 Å².